The van der Waals surface area contributed by atoms with E-state index in [9.17, 15) is 0 Å². The molecule has 1 atom stereocenters. The molecule has 0 spiro atoms. The fourth-order valence-corrected chi connectivity index (χ4v) is 0.343. The van der Waals surface area contributed by atoms with Gasteiger partial charge in [-0.15, -0.1) is 7.05 Å². The van der Waals surface area contributed by atoms with E-state index in [1.54, 1.807) is 6.34 Å². The largest absolute Gasteiger partial charge is 0.377 e. The van der Waals surface area contributed by atoms with Crippen molar-refractivity contribution >= 4 is 12.2 Å². The third-order valence-electron chi connectivity index (χ3n) is 0.886. The minimum atomic E-state index is 0.917. The first-order valence-corrected chi connectivity index (χ1v) is 2.07. The van der Waals surface area contributed by atoms with E-state index in [4.69, 9.17) is 0 Å². The van der Waals surface area contributed by atoms with Crippen molar-refractivity contribution in [1.82, 2.24) is 0 Å². The van der Waals surface area contributed by atoms with Crippen molar-refractivity contribution in [2.45, 2.75) is 6.92 Å². The van der Waals surface area contributed by atoms with Crippen molar-refractivity contribution < 1.29 is 4.90 Å². The number of hydrogen-bond acceptors (Lipinski definition) is 2. The molecule has 3 heteroatoms. The highest BCUT2D eigenvalue weighted by atomic mass is 15.4. The molecule has 1 N–H and O–H groups in total. The lowest BCUT2D eigenvalue weighted by atomic mass is 10.6. The van der Waals surface area contributed by atoms with Gasteiger partial charge in [-0.2, -0.15) is 0 Å². The van der Waals surface area contributed by atoms with Gasteiger partial charge in [0.1, 0.15) is 0 Å². The first-order chi connectivity index (χ1) is 3.30. The van der Waals surface area contributed by atoms with Crippen LogP contribution >= 0.6 is 0 Å². The third kappa shape index (κ3) is 0.667. The standard InChI is InChI=1S/C4H7N3/c1-4-6-5-3-7(4)2/h3,7H,2H2,1H3. The Morgan fingerprint density at radius 3 is 2.71 bits per heavy atom. The summed E-state index contributed by atoms with van der Waals surface area (Å²) in [5, 5.41) is 7.31. The monoisotopic (exact) mass is 97.1 g/mol. The lowest BCUT2D eigenvalue weighted by Gasteiger charge is -2.03. The molecular formula is C4H7N3. The zero-order valence-corrected chi connectivity index (χ0v) is 4.18. The highest BCUT2D eigenvalue weighted by molar-refractivity contribution is 5.79. The Kier molecular flexibility index (Phi) is 0.906. The number of nitrogens with zero attached hydrogens (tertiary/aromatic N) is 2. The second kappa shape index (κ2) is 1.42. The molecule has 1 aliphatic rings. The average Bonchev–Trinajstić information content (AvgIpc) is 1.91. The molecule has 0 saturated heterocycles. The SMILES string of the molecule is [CH2-][NH+]1C=NN=C1C. The van der Waals surface area contributed by atoms with E-state index >= 15 is 0 Å². The number of rotatable bonds is 0. The molecule has 0 aromatic rings. The van der Waals surface area contributed by atoms with Crippen LogP contribution in [0, 0.1) is 7.05 Å². The van der Waals surface area contributed by atoms with Gasteiger partial charge in [0.2, 0.25) is 0 Å². The Hall–Kier alpha value is -0.700. The number of nitrogens with one attached hydrogen (secondary N) is 1. The Balaban J connectivity index is 2.69. The Bertz CT molecular complexity index is 125. The number of amidine groups is 1. The summed E-state index contributed by atoms with van der Waals surface area (Å²) in [4.78, 5) is 0.917. The van der Waals surface area contributed by atoms with Crippen molar-refractivity contribution in [3.63, 3.8) is 0 Å². The third-order valence-corrected chi connectivity index (χ3v) is 0.886. The second-order valence-corrected chi connectivity index (χ2v) is 1.46. The van der Waals surface area contributed by atoms with Gasteiger partial charge in [0.05, 0.1) is 0 Å². The van der Waals surface area contributed by atoms with Gasteiger partial charge in [0.25, 0.3) is 0 Å². The summed E-state index contributed by atoms with van der Waals surface area (Å²) in [7, 11) is 3.66. The van der Waals surface area contributed by atoms with Crippen molar-refractivity contribution in [2.24, 2.45) is 10.2 Å². The molecular weight excluding hydrogens is 90.1 g/mol. The van der Waals surface area contributed by atoms with E-state index in [0.29, 0.717) is 0 Å². The highest BCUT2D eigenvalue weighted by Crippen LogP contribution is 1.72. The van der Waals surface area contributed by atoms with Crippen LogP contribution in [-0.4, -0.2) is 12.2 Å². The zero-order valence-electron chi connectivity index (χ0n) is 4.18. The van der Waals surface area contributed by atoms with Crippen LogP contribution in [0.3, 0.4) is 0 Å². The summed E-state index contributed by atoms with van der Waals surface area (Å²) >= 11 is 0. The van der Waals surface area contributed by atoms with Crippen LogP contribution in [0.1, 0.15) is 6.92 Å². The molecule has 3 nitrogen and oxygen atoms in total. The Morgan fingerprint density at radius 2 is 2.57 bits per heavy atom. The van der Waals surface area contributed by atoms with Gasteiger partial charge in [-0.1, -0.05) is 10.2 Å². The maximum Gasteiger partial charge on any atom is 0.197 e. The fourth-order valence-electron chi connectivity index (χ4n) is 0.343. The van der Waals surface area contributed by atoms with Crippen molar-refractivity contribution in [2.75, 3.05) is 0 Å². The van der Waals surface area contributed by atoms with Crippen molar-refractivity contribution in [1.29, 1.82) is 0 Å². The molecule has 1 unspecified atom stereocenters. The summed E-state index contributed by atoms with van der Waals surface area (Å²) in [6.07, 6.45) is 1.65. The van der Waals surface area contributed by atoms with Crippen LogP contribution in [0.25, 0.3) is 0 Å². The van der Waals surface area contributed by atoms with E-state index in [1.165, 1.54) is 0 Å². The lowest BCUT2D eigenvalue weighted by Crippen LogP contribution is -3.07. The van der Waals surface area contributed by atoms with Crippen LogP contribution in [0.2, 0.25) is 0 Å². The summed E-state index contributed by atoms with van der Waals surface area (Å²) in [5.41, 5.74) is 0. The average molecular weight is 97.1 g/mol. The minimum absolute atomic E-state index is 0.917. The fraction of sp³-hybridized carbons (Fsp3) is 0.250. The predicted molar refractivity (Wildman–Crippen MR) is 27.9 cm³/mol. The van der Waals surface area contributed by atoms with Gasteiger partial charge in [0, 0.05) is 6.92 Å². The molecule has 0 radical (unpaired) electrons. The zero-order chi connectivity index (χ0) is 5.28. The van der Waals surface area contributed by atoms with Gasteiger partial charge in [-0.05, 0) is 0 Å². The molecule has 0 aromatic carbocycles. The van der Waals surface area contributed by atoms with Gasteiger partial charge in [-0.25, -0.2) is 0 Å². The van der Waals surface area contributed by atoms with E-state index in [-0.39, 0.29) is 0 Å². The van der Waals surface area contributed by atoms with Crippen LogP contribution in [0.5, 0.6) is 0 Å². The Labute approximate surface area is 42.3 Å². The maximum absolute atomic E-state index is 3.70. The normalized spacial score (nSPS) is 28.3. The van der Waals surface area contributed by atoms with E-state index in [1.807, 2.05) is 6.92 Å². The Morgan fingerprint density at radius 1 is 1.86 bits per heavy atom. The molecule has 1 heterocycles. The van der Waals surface area contributed by atoms with Crippen LogP contribution in [0.4, 0.5) is 0 Å². The molecule has 0 aromatic heterocycles. The molecule has 38 valence electrons. The topological polar surface area (TPSA) is 29.2 Å². The molecule has 0 fully saturated rings. The first-order valence-electron chi connectivity index (χ1n) is 2.07. The molecule has 0 aliphatic carbocycles. The quantitative estimate of drug-likeness (QED) is 0.377. The van der Waals surface area contributed by atoms with E-state index in [0.717, 1.165) is 10.7 Å². The van der Waals surface area contributed by atoms with Gasteiger partial charge < -0.3 is 4.90 Å². The molecule has 0 bridgehead atoms. The van der Waals surface area contributed by atoms with E-state index < -0.39 is 0 Å². The number of quaternary nitrogens is 1. The molecule has 0 amide bonds. The van der Waals surface area contributed by atoms with Crippen molar-refractivity contribution in [3.8, 4) is 0 Å². The highest BCUT2D eigenvalue weighted by Gasteiger charge is 2.00. The number of hydrogen-bond donors (Lipinski definition) is 1. The van der Waals surface area contributed by atoms with Crippen LogP contribution in [-0.2, 0) is 0 Å². The molecule has 0 saturated carbocycles. The first kappa shape index (κ1) is 4.46. The predicted octanol–water partition coefficient (Wildman–Crippen LogP) is -0.962. The summed E-state index contributed by atoms with van der Waals surface area (Å²) < 4.78 is 0. The summed E-state index contributed by atoms with van der Waals surface area (Å²) in [5.74, 6) is 0.917. The molecule has 7 heavy (non-hydrogen) atoms. The maximum atomic E-state index is 3.70. The lowest BCUT2D eigenvalue weighted by molar-refractivity contribution is -0.631. The van der Waals surface area contributed by atoms with Crippen LogP contribution < -0.4 is 4.90 Å². The molecule has 1 rings (SSSR count). The van der Waals surface area contributed by atoms with Crippen LogP contribution in [0.15, 0.2) is 10.2 Å². The smallest absolute Gasteiger partial charge is 0.197 e. The van der Waals surface area contributed by atoms with E-state index in [2.05, 4.69) is 17.3 Å². The van der Waals surface area contributed by atoms with Crippen molar-refractivity contribution in [3.05, 3.63) is 7.05 Å². The van der Waals surface area contributed by atoms with Gasteiger partial charge >= 0.3 is 0 Å². The summed E-state index contributed by atoms with van der Waals surface area (Å²) in [6, 6.07) is 0. The van der Waals surface area contributed by atoms with Gasteiger partial charge in [0.15, 0.2) is 12.2 Å². The summed E-state index contributed by atoms with van der Waals surface area (Å²) in [6.45, 7) is 1.88. The van der Waals surface area contributed by atoms with Gasteiger partial charge in [-0.3, -0.25) is 0 Å². The molecule has 1 aliphatic heterocycles. The second-order valence-electron chi connectivity index (χ2n) is 1.46. The minimum Gasteiger partial charge on any atom is -0.377 e.